The third-order valence-corrected chi connectivity index (χ3v) is 3.69. The molecule has 0 saturated heterocycles. The molecular formula is C20H19N3O5. The van der Waals surface area contributed by atoms with Gasteiger partial charge in [0.2, 0.25) is 0 Å². The van der Waals surface area contributed by atoms with E-state index >= 15 is 0 Å². The van der Waals surface area contributed by atoms with Crippen molar-refractivity contribution in [3.8, 4) is 11.4 Å². The van der Waals surface area contributed by atoms with Crippen molar-refractivity contribution in [1.29, 1.82) is 0 Å². The molecule has 0 spiro atoms. The van der Waals surface area contributed by atoms with Gasteiger partial charge in [0.25, 0.3) is 0 Å². The van der Waals surface area contributed by atoms with E-state index < -0.39 is 12.1 Å². The normalized spacial score (nSPS) is 10.5. The number of hydrogen-bond acceptors (Lipinski definition) is 7. The second kappa shape index (κ2) is 8.34. The van der Waals surface area contributed by atoms with Crippen molar-refractivity contribution in [2.24, 2.45) is 0 Å². The summed E-state index contributed by atoms with van der Waals surface area (Å²) in [7, 11) is 0. The smallest absolute Gasteiger partial charge is 0.459 e. The van der Waals surface area contributed by atoms with E-state index in [2.05, 4.69) is 16.8 Å². The lowest BCUT2D eigenvalue weighted by Gasteiger charge is -2.10. The summed E-state index contributed by atoms with van der Waals surface area (Å²) in [6.45, 7) is 6.68. The number of ether oxygens (including phenoxy) is 3. The SMILES string of the molecule is C=C(C)C(=O)OCCOC(=O)Oc1ccc(C)cc1-n1nc2ccccc2n1. The fourth-order valence-corrected chi connectivity index (χ4v) is 2.34. The first-order chi connectivity index (χ1) is 13.4. The summed E-state index contributed by atoms with van der Waals surface area (Å²) in [5, 5.41) is 8.82. The Morgan fingerprint density at radius 2 is 1.68 bits per heavy atom. The zero-order chi connectivity index (χ0) is 20.1. The third-order valence-electron chi connectivity index (χ3n) is 3.69. The molecule has 3 rings (SSSR count). The summed E-state index contributed by atoms with van der Waals surface area (Å²) in [5.41, 5.74) is 3.16. The first-order valence-electron chi connectivity index (χ1n) is 8.54. The number of aromatic nitrogens is 3. The minimum atomic E-state index is -0.923. The molecule has 28 heavy (non-hydrogen) atoms. The van der Waals surface area contributed by atoms with Gasteiger partial charge in [-0.1, -0.05) is 24.8 Å². The fourth-order valence-electron chi connectivity index (χ4n) is 2.34. The summed E-state index contributed by atoms with van der Waals surface area (Å²) in [6, 6.07) is 12.7. The molecule has 0 saturated carbocycles. The Labute approximate surface area is 161 Å². The lowest BCUT2D eigenvalue weighted by atomic mass is 10.2. The zero-order valence-electron chi connectivity index (χ0n) is 15.5. The summed E-state index contributed by atoms with van der Waals surface area (Å²) >= 11 is 0. The van der Waals surface area contributed by atoms with Gasteiger partial charge in [-0.05, 0) is 43.7 Å². The van der Waals surface area contributed by atoms with Gasteiger partial charge in [0, 0.05) is 5.57 Å². The van der Waals surface area contributed by atoms with Gasteiger partial charge in [0.05, 0.1) is 0 Å². The van der Waals surface area contributed by atoms with E-state index in [0.29, 0.717) is 5.69 Å². The summed E-state index contributed by atoms with van der Waals surface area (Å²) in [5.74, 6) is -0.301. The van der Waals surface area contributed by atoms with E-state index in [1.54, 1.807) is 18.2 Å². The molecule has 1 heterocycles. The van der Waals surface area contributed by atoms with Crippen LogP contribution in [0.15, 0.2) is 54.6 Å². The Morgan fingerprint density at radius 1 is 1.04 bits per heavy atom. The fraction of sp³-hybridized carbons (Fsp3) is 0.200. The molecule has 144 valence electrons. The average molecular weight is 381 g/mol. The van der Waals surface area contributed by atoms with Gasteiger partial charge in [-0.2, -0.15) is 0 Å². The van der Waals surface area contributed by atoms with Crippen LogP contribution in [-0.2, 0) is 14.3 Å². The second-order valence-electron chi connectivity index (χ2n) is 6.07. The largest absolute Gasteiger partial charge is 0.514 e. The number of carbonyl (C=O) groups is 2. The van der Waals surface area contributed by atoms with Crippen LogP contribution < -0.4 is 4.74 Å². The van der Waals surface area contributed by atoms with Crippen molar-refractivity contribution in [3.05, 3.63) is 60.2 Å². The van der Waals surface area contributed by atoms with Crippen LogP contribution in [0.5, 0.6) is 5.75 Å². The molecule has 0 atom stereocenters. The molecule has 3 aromatic rings. The monoisotopic (exact) mass is 381 g/mol. The maximum atomic E-state index is 12.0. The van der Waals surface area contributed by atoms with Crippen LogP contribution >= 0.6 is 0 Å². The number of hydrogen-bond donors (Lipinski definition) is 0. The maximum absolute atomic E-state index is 12.0. The number of nitrogens with zero attached hydrogens (tertiary/aromatic N) is 3. The molecule has 8 heteroatoms. The van der Waals surface area contributed by atoms with Gasteiger partial charge in [-0.15, -0.1) is 15.0 Å². The number of aryl methyl sites for hydroxylation is 1. The Hall–Kier alpha value is -3.68. The summed E-state index contributed by atoms with van der Waals surface area (Å²) in [6.07, 6.45) is -0.923. The first-order valence-corrected chi connectivity index (χ1v) is 8.54. The van der Waals surface area contributed by atoms with E-state index in [1.165, 1.54) is 11.7 Å². The molecule has 8 nitrogen and oxygen atoms in total. The molecule has 0 bridgehead atoms. The Balaban J connectivity index is 1.69. The second-order valence-corrected chi connectivity index (χ2v) is 6.07. The predicted molar refractivity (Wildman–Crippen MR) is 101 cm³/mol. The quantitative estimate of drug-likeness (QED) is 0.280. The van der Waals surface area contributed by atoms with Crippen molar-refractivity contribution in [1.82, 2.24) is 15.0 Å². The van der Waals surface area contributed by atoms with Gasteiger partial charge in [-0.3, -0.25) is 0 Å². The molecular weight excluding hydrogens is 362 g/mol. The lowest BCUT2D eigenvalue weighted by Crippen LogP contribution is -2.17. The number of carbonyl (C=O) groups excluding carboxylic acids is 2. The maximum Gasteiger partial charge on any atom is 0.514 e. The number of fused-ring (bicyclic) bond motifs is 1. The zero-order valence-corrected chi connectivity index (χ0v) is 15.5. The highest BCUT2D eigenvalue weighted by Gasteiger charge is 2.15. The standard InChI is InChI=1S/C20H19N3O5/c1-13(2)19(24)26-10-11-27-20(25)28-18-9-8-14(3)12-17(18)23-21-15-6-4-5-7-16(15)22-23/h4-9,12H,1,10-11H2,2-3H3. The number of benzene rings is 2. The molecule has 0 fully saturated rings. The summed E-state index contributed by atoms with van der Waals surface area (Å²) < 4.78 is 15.1. The van der Waals surface area contributed by atoms with E-state index in [0.717, 1.165) is 16.6 Å². The van der Waals surface area contributed by atoms with Gasteiger partial charge in [-0.25, -0.2) is 9.59 Å². The number of rotatable bonds is 6. The van der Waals surface area contributed by atoms with E-state index in [1.807, 2.05) is 31.2 Å². The topological polar surface area (TPSA) is 92.5 Å². The van der Waals surface area contributed by atoms with Crippen LogP contribution in [0, 0.1) is 6.92 Å². The van der Waals surface area contributed by atoms with Gasteiger partial charge < -0.3 is 14.2 Å². The van der Waals surface area contributed by atoms with Crippen molar-refractivity contribution < 1.29 is 23.8 Å². The summed E-state index contributed by atoms with van der Waals surface area (Å²) in [4.78, 5) is 24.7. The van der Waals surface area contributed by atoms with Gasteiger partial charge in [0.15, 0.2) is 5.75 Å². The van der Waals surface area contributed by atoms with E-state index in [-0.39, 0.29) is 24.5 Å². The minimum absolute atomic E-state index is 0.0896. The Bertz CT molecular complexity index is 1010. The Morgan fingerprint density at radius 3 is 2.32 bits per heavy atom. The molecule has 1 aromatic heterocycles. The number of esters is 1. The van der Waals surface area contributed by atoms with Crippen LogP contribution in [0.2, 0.25) is 0 Å². The van der Waals surface area contributed by atoms with Gasteiger partial charge in [0.1, 0.15) is 29.9 Å². The van der Waals surface area contributed by atoms with Crippen molar-refractivity contribution >= 4 is 23.2 Å². The molecule has 0 aliphatic carbocycles. The predicted octanol–water partition coefficient (Wildman–Crippen LogP) is 3.36. The van der Waals surface area contributed by atoms with Crippen LogP contribution in [0.3, 0.4) is 0 Å². The molecule has 0 unspecified atom stereocenters. The van der Waals surface area contributed by atoms with Crippen molar-refractivity contribution in [2.45, 2.75) is 13.8 Å². The van der Waals surface area contributed by atoms with E-state index in [4.69, 9.17) is 14.2 Å². The van der Waals surface area contributed by atoms with E-state index in [9.17, 15) is 9.59 Å². The van der Waals surface area contributed by atoms with Gasteiger partial charge >= 0.3 is 12.1 Å². The molecule has 0 aliphatic heterocycles. The molecule has 2 aromatic carbocycles. The highest BCUT2D eigenvalue weighted by Crippen LogP contribution is 2.24. The Kier molecular flexibility index (Phi) is 5.69. The first kappa shape index (κ1) is 19.1. The lowest BCUT2D eigenvalue weighted by molar-refractivity contribution is -0.140. The molecule has 0 aliphatic rings. The van der Waals surface area contributed by atoms with Crippen molar-refractivity contribution in [2.75, 3.05) is 13.2 Å². The molecule has 0 N–H and O–H groups in total. The van der Waals surface area contributed by atoms with Crippen LogP contribution in [0.25, 0.3) is 16.7 Å². The van der Waals surface area contributed by atoms with Crippen LogP contribution in [0.1, 0.15) is 12.5 Å². The van der Waals surface area contributed by atoms with Crippen molar-refractivity contribution in [3.63, 3.8) is 0 Å². The highest BCUT2D eigenvalue weighted by molar-refractivity contribution is 5.86. The molecule has 0 amide bonds. The van der Waals surface area contributed by atoms with Crippen LogP contribution in [0.4, 0.5) is 4.79 Å². The minimum Gasteiger partial charge on any atom is -0.459 e. The van der Waals surface area contributed by atoms with Crippen LogP contribution in [-0.4, -0.2) is 40.3 Å². The third kappa shape index (κ3) is 4.53. The average Bonchev–Trinajstić information content (AvgIpc) is 3.10. The highest BCUT2D eigenvalue weighted by atomic mass is 16.7. The molecule has 0 radical (unpaired) electrons.